The molecular formula is C15H18FN3O2. The highest BCUT2D eigenvalue weighted by Crippen LogP contribution is 2.27. The highest BCUT2D eigenvalue weighted by molar-refractivity contribution is 5.53. The molecule has 0 unspecified atom stereocenters. The zero-order chi connectivity index (χ0) is 14.8. The standard InChI is InChI=1S/C15H18FN3O2/c1-19(8-10-6-13(20)7-10)9-14-17-15(18-21-14)11-2-4-12(16)5-3-11/h2-5,10,13,20H,6-9H2,1H3. The second kappa shape index (κ2) is 5.91. The largest absolute Gasteiger partial charge is 0.393 e. The third-order valence-electron chi connectivity index (χ3n) is 3.76. The molecule has 0 saturated heterocycles. The molecule has 1 fully saturated rings. The fourth-order valence-corrected chi connectivity index (χ4v) is 2.62. The maximum atomic E-state index is 12.9. The maximum Gasteiger partial charge on any atom is 0.241 e. The van der Waals surface area contributed by atoms with Crippen molar-refractivity contribution in [3.05, 3.63) is 36.0 Å². The molecule has 3 rings (SSSR count). The average Bonchev–Trinajstić information content (AvgIpc) is 2.86. The number of benzene rings is 1. The molecule has 0 spiro atoms. The fraction of sp³-hybridized carbons (Fsp3) is 0.467. The normalized spacial score (nSPS) is 21.5. The Morgan fingerprint density at radius 2 is 2.05 bits per heavy atom. The van der Waals surface area contributed by atoms with E-state index >= 15 is 0 Å². The zero-order valence-corrected chi connectivity index (χ0v) is 11.9. The van der Waals surface area contributed by atoms with Crippen LogP contribution in [-0.2, 0) is 6.54 Å². The molecule has 1 heterocycles. The van der Waals surface area contributed by atoms with Crippen LogP contribution >= 0.6 is 0 Å². The Hall–Kier alpha value is -1.79. The van der Waals surface area contributed by atoms with Gasteiger partial charge in [0.1, 0.15) is 5.82 Å². The van der Waals surface area contributed by atoms with Crippen LogP contribution in [0.4, 0.5) is 4.39 Å². The predicted octanol–water partition coefficient (Wildman–Crippen LogP) is 2.08. The van der Waals surface area contributed by atoms with Crippen LogP contribution in [0.25, 0.3) is 11.4 Å². The zero-order valence-electron chi connectivity index (χ0n) is 11.9. The van der Waals surface area contributed by atoms with Gasteiger partial charge in [-0.1, -0.05) is 5.16 Å². The molecule has 0 aliphatic heterocycles. The molecule has 112 valence electrons. The first-order valence-electron chi connectivity index (χ1n) is 7.05. The van der Waals surface area contributed by atoms with Crippen molar-refractivity contribution in [2.75, 3.05) is 13.6 Å². The molecule has 1 aromatic heterocycles. The van der Waals surface area contributed by atoms with Crippen LogP contribution in [0.5, 0.6) is 0 Å². The van der Waals surface area contributed by atoms with Crippen LogP contribution in [0.3, 0.4) is 0 Å². The summed E-state index contributed by atoms with van der Waals surface area (Å²) in [5.41, 5.74) is 0.733. The van der Waals surface area contributed by atoms with Crippen molar-refractivity contribution < 1.29 is 14.0 Å². The summed E-state index contributed by atoms with van der Waals surface area (Å²) in [7, 11) is 1.99. The molecule has 0 amide bonds. The second-order valence-corrected chi connectivity index (χ2v) is 5.71. The van der Waals surface area contributed by atoms with E-state index in [1.165, 1.54) is 12.1 Å². The summed E-state index contributed by atoms with van der Waals surface area (Å²) in [4.78, 5) is 6.43. The van der Waals surface area contributed by atoms with Gasteiger partial charge in [0.2, 0.25) is 11.7 Å². The minimum absolute atomic E-state index is 0.128. The molecule has 1 N–H and O–H groups in total. The van der Waals surface area contributed by atoms with E-state index in [0.717, 1.165) is 24.9 Å². The van der Waals surface area contributed by atoms with Crippen LogP contribution in [0, 0.1) is 11.7 Å². The number of halogens is 1. The topological polar surface area (TPSA) is 62.4 Å². The van der Waals surface area contributed by atoms with Crippen molar-refractivity contribution in [1.29, 1.82) is 0 Å². The van der Waals surface area contributed by atoms with Gasteiger partial charge in [0.05, 0.1) is 12.6 Å². The van der Waals surface area contributed by atoms with Crippen molar-refractivity contribution in [3.8, 4) is 11.4 Å². The lowest BCUT2D eigenvalue weighted by Crippen LogP contribution is -2.36. The molecule has 5 nitrogen and oxygen atoms in total. The van der Waals surface area contributed by atoms with Gasteiger partial charge in [0.15, 0.2) is 0 Å². The Morgan fingerprint density at radius 3 is 2.71 bits per heavy atom. The molecule has 1 aliphatic carbocycles. The van der Waals surface area contributed by atoms with E-state index in [-0.39, 0.29) is 11.9 Å². The van der Waals surface area contributed by atoms with Crippen molar-refractivity contribution in [2.45, 2.75) is 25.5 Å². The van der Waals surface area contributed by atoms with E-state index in [4.69, 9.17) is 4.52 Å². The van der Waals surface area contributed by atoms with E-state index in [1.54, 1.807) is 12.1 Å². The van der Waals surface area contributed by atoms with E-state index in [9.17, 15) is 9.50 Å². The van der Waals surface area contributed by atoms with Gasteiger partial charge in [-0.15, -0.1) is 0 Å². The molecule has 2 aromatic rings. The summed E-state index contributed by atoms with van der Waals surface area (Å²) in [6.45, 7) is 1.48. The Bertz CT molecular complexity index is 593. The van der Waals surface area contributed by atoms with Gasteiger partial charge >= 0.3 is 0 Å². The van der Waals surface area contributed by atoms with E-state index in [0.29, 0.717) is 24.2 Å². The predicted molar refractivity (Wildman–Crippen MR) is 74.8 cm³/mol. The molecule has 0 radical (unpaired) electrons. The molecule has 1 aromatic carbocycles. The SMILES string of the molecule is CN(Cc1nc(-c2ccc(F)cc2)no1)CC1CC(O)C1. The lowest BCUT2D eigenvalue weighted by atomic mass is 9.82. The van der Waals surface area contributed by atoms with Crippen molar-refractivity contribution >= 4 is 0 Å². The number of nitrogens with zero attached hydrogens (tertiary/aromatic N) is 3. The minimum atomic E-state index is -0.287. The van der Waals surface area contributed by atoms with E-state index < -0.39 is 0 Å². The number of hydrogen-bond donors (Lipinski definition) is 1. The quantitative estimate of drug-likeness (QED) is 0.914. The Labute approximate surface area is 122 Å². The van der Waals surface area contributed by atoms with Crippen LogP contribution in [0.1, 0.15) is 18.7 Å². The molecule has 0 bridgehead atoms. The lowest BCUT2D eigenvalue weighted by molar-refractivity contribution is 0.0261. The smallest absolute Gasteiger partial charge is 0.241 e. The van der Waals surface area contributed by atoms with Crippen LogP contribution < -0.4 is 0 Å². The van der Waals surface area contributed by atoms with Crippen molar-refractivity contribution in [1.82, 2.24) is 15.0 Å². The van der Waals surface area contributed by atoms with Crippen LogP contribution in [0.2, 0.25) is 0 Å². The molecule has 0 atom stereocenters. The first-order chi connectivity index (χ1) is 10.1. The summed E-state index contributed by atoms with van der Waals surface area (Å²) in [5.74, 6) is 1.27. The van der Waals surface area contributed by atoms with Crippen LogP contribution in [0.15, 0.2) is 28.8 Å². The highest BCUT2D eigenvalue weighted by Gasteiger charge is 2.28. The van der Waals surface area contributed by atoms with Crippen LogP contribution in [-0.4, -0.2) is 39.8 Å². The average molecular weight is 291 g/mol. The summed E-state index contributed by atoms with van der Waals surface area (Å²) >= 11 is 0. The molecular weight excluding hydrogens is 273 g/mol. The van der Waals surface area contributed by atoms with Crippen molar-refractivity contribution in [2.24, 2.45) is 5.92 Å². The molecule has 1 saturated carbocycles. The lowest BCUT2D eigenvalue weighted by Gasteiger charge is -2.34. The summed E-state index contributed by atoms with van der Waals surface area (Å²) < 4.78 is 18.1. The number of aliphatic hydroxyl groups is 1. The molecule has 21 heavy (non-hydrogen) atoms. The van der Waals surface area contributed by atoms with Gasteiger partial charge in [-0.3, -0.25) is 4.90 Å². The van der Waals surface area contributed by atoms with E-state index in [2.05, 4.69) is 15.0 Å². The Kier molecular flexibility index (Phi) is 3.98. The second-order valence-electron chi connectivity index (χ2n) is 5.71. The van der Waals surface area contributed by atoms with Gasteiger partial charge in [-0.05, 0) is 50.1 Å². The monoisotopic (exact) mass is 291 g/mol. The number of aromatic nitrogens is 2. The number of hydrogen-bond acceptors (Lipinski definition) is 5. The fourth-order valence-electron chi connectivity index (χ4n) is 2.62. The highest BCUT2D eigenvalue weighted by atomic mass is 19.1. The Morgan fingerprint density at radius 1 is 1.33 bits per heavy atom. The third-order valence-corrected chi connectivity index (χ3v) is 3.76. The Balaban J connectivity index is 1.58. The van der Waals surface area contributed by atoms with Gasteiger partial charge in [-0.2, -0.15) is 4.98 Å². The molecule has 1 aliphatic rings. The summed E-state index contributed by atoms with van der Waals surface area (Å²) in [6, 6.07) is 6.01. The first-order valence-corrected chi connectivity index (χ1v) is 7.05. The number of aliphatic hydroxyl groups excluding tert-OH is 1. The first kappa shape index (κ1) is 14.2. The van der Waals surface area contributed by atoms with Gasteiger partial charge in [0.25, 0.3) is 0 Å². The third kappa shape index (κ3) is 3.46. The van der Waals surface area contributed by atoms with E-state index in [1.807, 2.05) is 7.05 Å². The summed E-state index contributed by atoms with van der Waals surface area (Å²) in [5, 5.41) is 13.2. The summed E-state index contributed by atoms with van der Waals surface area (Å²) in [6.07, 6.45) is 1.61. The minimum Gasteiger partial charge on any atom is -0.393 e. The van der Waals surface area contributed by atoms with Crippen molar-refractivity contribution in [3.63, 3.8) is 0 Å². The van der Waals surface area contributed by atoms with Gasteiger partial charge < -0.3 is 9.63 Å². The maximum absolute atomic E-state index is 12.9. The molecule has 6 heteroatoms. The van der Waals surface area contributed by atoms with Gasteiger partial charge in [0, 0.05) is 12.1 Å². The van der Waals surface area contributed by atoms with Gasteiger partial charge in [-0.25, -0.2) is 4.39 Å². The number of rotatable bonds is 5.